The standard InChI is InChI=1S/C26H15BrN2/c27-21-12-14-29-26(17-21)25-15-18(11-13-28-25)9-10-24-22-7-3-1-5-19(22)16-20-6-2-4-8-23(20)24/h1-8,11-17H. The normalized spacial score (nSPS) is 10.7. The minimum Gasteiger partial charge on any atom is -0.255 e. The quantitative estimate of drug-likeness (QED) is 0.219. The summed E-state index contributed by atoms with van der Waals surface area (Å²) in [7, 11) is 0. The van der Waals surface area contributed by atoms with Crippen LogP contribution in [0.5, 0.6) is 0 Å². The van der Waals surface area contributed by atoms with Gasteiger partial charge in [-0.2, -0.15) is 0 Å². The van der Waals surface area contributed by atoms with Gasteiger partial charge in [-0.05, 0) is 51.9 Å². The molecule has 0 amide bonds. The zero-order chi connectivity index (χ0) is 19.6. The fourth-order valence-corrected chi connectivity index (χ4v) is 3.81. The molecule has 136 valence electrons. The Morgan fingerprint density at radius 2 is 1.24 bits per heavy atom. The molecule has 0 spiro atoms. The Hall–Kier alpha value is -3.48. The SMILES string of the molecule is Brc1ccnc(-c2cc(C#Cc3c4ccccc4cc4ccccc34)ccn2)c1. The second-order valence-corrected chi connectivity index (χ2v) is 7.65. The maximum Gasteiger partial charge on any atom is 0.0898 e. The van der Waals surface area contributed by atoms with E-state index in [1.165, 1.54) is 21.5 Å². The van der Waals surface area contributed by atoms with E-state index < -0.39 is 0 Å². The molecule has 3 aromatic carbocycles. The van der Waals surface area contributed by atoms with Gasteiger partial charge in [-0.25, -0.2) is 0 Å². The monoisotopic (exact) mass is 434 g/mol. The van der Waals surface area contributed by atoms with Gasteiger partial charge < -0.3 is 0 Å². The molecule has 0 saturated heterocycles. The molecule has 0 atom stereocenters. The van der Waals surface area contributed by atoms with Crippen LogP contribution in [0.25, 0.3) is 32.9 Å². The van der Waals surface area contributed by atoms with Gasteiger partial charge in [-0.15, -0.1) is 0 Å². The summed E-state index contributed by atoms with van der Waals surface area (Å²) in [6, 6.07) is 26.8. The van der Waals surface area contributed by atoms with E-state index in [2.05, 4.69) is 92.3 Å². The Balaban J connectivity index is 1.65. The lowest BCUT2D eigenvalue weighted by Gasteiger charge is -2.06. The Kier molecular flexibility index (Phi) is 4.56. The molecule has 0 aliphatic carbocycles. The van der Waals surface area contributed by atoms with Crippen LogP contribution in [0, 0.1) is 11.8 Å². The molecule has 0 bridgehead atoms. The minimum atomic E-state index is 0.806. The highest BCUT2D eigenvalue weighted by molar-refractivity contribution is 9.10. The number of pyridine rings is 2. The van der Waals surface area contributed by atoms with E-state index in [-0.39, 0.29) is 0 Å². The number of hydrogen-bond acceptors (Lipinski definition) is 2. The zero-order valence-corrected chi connectivity index (χ0v) is 17.0. The Morgan fingerprint density at radius 3 is 1.93 bits per heavy atom. The molecule has 0 aliphatic rings. The zero-order valence-electron chi connectivity index (χ0n) is 15.4. The van der Waals surface area contributed by atoms with Gasteiger partial charge in [0.1, 0.15) is 0 Å². The molecule has 0 saturated carbocycles. The highest BCUT2D eigenvalue weighted by atomic mass is 79.9. The van der Waals surface area contributed by atoms with E-state index in [0.717, 1.165) is 27.0 Å². The lowest BCUT2D eigenvalue weighted by molar-refractivity contribution is 1.24. The van der Waals surface area contributed by atoms with Crippen LogP contribution in [0.15, 0.2) is 95.7 Å². The summed E-state index contributed by atoms with van der Waals surface area (Å²) in [5.74, 6) is 6.77. The van der Waals surface area contributed by atoms with Crippen molar-refractivity contribution in [3.63, 3.8) is 0 Å². The largest absolute Gasteiger partial charge is 0.255 e. The first-order chi connectivity index (χ1) is 14.3. The summed E-state index contributed by atoms with van der Waals surface area (Å²) in [5, 5.41) is 4.73. The first kappa shape index (κ1) is 17.6. The fraction of sp³-hybridized carbons (Fsp3) is 0. The average molecular weight is 435 g/mol. The predicted octanol–water partition coefficient (Wildman–Crippen LogP) is 6.61. The van der Waals surface area contributed by atoms with Crippen LogP contribution in [0.4, 0.5) is 0 Å². The van der Waals surface area contributed by atoms with Crippen molar-refractivity contribution < 1.29 is 0 Å². The summed E-state index contributed by atoms with van der Waals surface area (Å²) in [6.45, 7) is 0. The maximum atomic E-state index is 4.45. The molecule has 0 N–H and O–H groups in total. The van der Waals surface area contributed by atoms with Crippen LogP contribution in [0.2, 0.25) is 0 Å². The van der Waals surface area contributed by atoms with E-state index in [9.17, 15) is 0 Å². The van der Waals surface area contributed by atoms with E-state index in [1.54, 1.807) is 12.4 Å². The molecule has 0 radical (unpaired) electrons. The number of benzene rings is 3. The van der Waals surface area contributed by atoms with Crippen molar-refractivity contribution in [2.75, 3.05) is 0 Å². The van der Waals surface area contributed by atoms with Crippen LogP contribution < -0.4 is 0 Å². The molecule has 3 heteroatoms. The summed E-state index contributed by atoms with van der Waals surface area (Å²) in [5.41, 5.74) is 3.59. The molecular formula is C26H15BrN2. The third-order valence-electron chi connectivity index (χ3n) is 4.85. The first-order valence-corrected chi connectivity index (χ1v) is 10.1. The van der Waals surface area contributed by atoms with Crippen molar-refractivity contribution in [1.82, 2.24) is 9.97 Å². The summed E-state index contributed by atoms with van der Waals surface area (Å²) < 4.78 is 0.975. The molecule has 2 aromatic heterocycles. The Morgan fingerprint density at radius 1 is 0.621 bits per heavy atom. The third kappa shape index (κ3) is 3.51. The van der Waals surface area contributed by atoms with E-state index in [4.69, 9.17) is 0 Å². The number of nitrogens with zero attached hydrogens (tertiary/aromatic N) is 2. The van der Waals surface area contributed by atoms with Crippen LogP contribution in [0.3, 0.4) is 0 Å². The molecule has 0 unspecified atom stereocenters. The van der Waals surface area contributed by atoms with Gasteiger partial charge in [0.2, 0.25) is 0 Å². The van der Waals surface area contributed by atoms with E-state index >= 15 is 0 Å². The van der Waals surface area contributed by atoms with Gasteiger partial charge in [0.05, 0.1) is 11.4 Å². The molecule has 5 rings (SSSR count). The number of halogens is 1. The van der Waals surface area contributed by atoms with Crippen molar-refractivity contribution in [1.29, 1.82) is 0 Å². The van der Waals surface area contributed by atoms with Crippen molar-refractivity contribution in [3.8, 4) is 23.2 Å². The van der Waals surface area contributed by atoms with Crippen LogP contribution in [-0.4, -0.2) is 9.97 Å². The van der Waals surface area contributed by atoms with Crippen LogP contribution in [-0.2, 0) is 0 Å². The molecular weight excluding hydrogens is 420 g/mol. The van der Waals surface area contributed by atoms with Crippen molar-refractivity contribution >= 4 is 37.5 Å². The van der Waals surface area contributed by atoms with Crippen molar-refractivity contribution in [3.05, 3.63) is 107 Å². The first-order valence-electron chi connectivity index (χ1n) is 9.28. The van der Waals surface area contributed by atoms with E-state index in [0.29, 0.717) is 0 Å². The third-order valence-corrected chi connectivity index (χ3v) is 5.34. The second kappa shape index (κ2) is 7.50. The van der Waals surface area contributed by atoms with Gasteiger partial charge in [-0.1, -0.05) is 76.3 Å². The van der Waals surface area contributed by atoms with Gasteiger partial charge >= 0.3 is 0 Å². The number of aromatic nitrogens is 2. The average Bonchev–Trinajstić information content (AvgIpc) is 2.77. The molecule has 29 heavy (non-hydrogen) atoms. The number of fused-ring (bicyclic) bond motifs is 2. The molecule has 2 heterocycles. The predicted molar refractivity (Wildman–Crippen MR) is 123 cm³/mol. The highest BCUT2D eigenvalue weighted by Crippen LogP contribution is 2.28. The fourth-order valence-electron chi connectivity index (χ4n) is 3.48. The van der Waals surface area contributed by atoms with E-state index in [1.807, 2.05) is 24.3 Å². The molecule has 2 nitrogen and oxygen atoms in total. The number of rotatable bonds is 1. The summed E-state index contributed by atoms with van der Waals surface area (Å²) >= 11 is 3.49. The van der Waals surface area contributed by atoms with Gasteiger partial charge in [-0.3, -0.25) is 9.97 Å². The topological polar surface area (TPSA) is 25.8 Å². The molecule has 5 aromatic rings. The molecule has 0 fully saturated rings. The number of hydrogen-bond donors (Lipinski definition) is 0. The van der Waals surface area contributed by atoms with Crippen LogP contribution >= 0.6 is 15.9 Å². The Bertz CT molecular complexity index is 1370. The lowest BCUT2D eigenvalue weighted by Crippen LogP contribution is -1.88. The van der Waals surface area contributed by atoms with Gasteiger partial charge in [0.25, 0.3) is 0 Å². The molecule has 0 aliphatic heterocycles. The van der Waals surface area contributed by atoms with Crippen molar-refractivity contribution in [2.24, 2.45) is 0 Å². The second-order valence-electron chi connectivity index (χ2n) is 6.73. The van der Waals surface area contributed by atoms with Gasteiger partial charge in [0, 0.05) is 28.0 Å². The van der Waals surface area contributed by atoms with Crippen LogP contribution in [0.1, 0.15) is 11.1 Å². The van der Waals surface area contributed by atoms with Gasteiger partial charge in [0.15, 0.2) is 0 Å². The Labute approximate surface area is 177 Å². The lowest BCUT2D eigenvalue weighted by atomic mass is 9.97. The van der Waals surface area contributed by atoms with Crippen molar-refractivity contribution in [2.45, 2.75) is 0 Å². The smallest absolute Gasteiger partial charge is 0.0898 e. The summed E-state index contributed by atoms with van der Waals surface area (Å²) in [4.78, 5) is 8.86. The minimum absolute atomic E-state index is 0.806. The maximum absolute atomic E-state index is 4.45. The highest BCUT2D eigenvalue weighted by Gasteiger charge is 2.06. The summed E-state index contributed by atoms with van der Waals surface area (Å²) in [6.07, 6.45) is 3.55.